The summed E-state index contributed by atoms with van der Waals surface area (Å²) in [5.74, 6) is 0.694. The van der Waals surface area contributed by atoms with Crippen molar-refractivity contribution in [1.29, 1.82) is 0 Å². The largest absolute Gasteiger partial charge is 0.495 e. The first-order valence-corrected chi connectivity index (χ1v) is 11.3. The quantitative estimate of drug-likeness (QED) is 0.432. The summed E-state index contributed by atoms with van der Waals surface area (Å²) in [6.07, 6.45) is 6.42. The first kappa shape index (κ1) is 22.7. The van der Waals surface area contributed by atoms with Gasteiger partial charge in [-0.15, -0.1) is 11.3 Å². The highest BCUT2D eigenvalue weighted by Gasteiger charge is 2.25. The number of carbonyl (C=O) groups excluding carboxylic acids is 1. The van der Waals surface area contributed by atoms with Gasteiger partial charge in [0.15, 0.2) is 5.11 Å². The number of carbonyl (C=O) groups is 1. The van der Waals surface area contributed by atoms with Crippen molar-refractivity contribution in [2.45, 2.75) is 38.5 Å². The zero-order valence-electron chi connectivity index (χ0n) is 17.2. The molecule has 1 aromatic carbocycles. The summed E-state index contributed by atoms with van der Waals surface area (Å²) in [5.41, 5.74) is 2.26. The number of ether oxygens (including phenoxy) is 3. The minimum Gasteiger partial charge on any atom is -0.495 e. The van der Waals surface area contributed by atoms with Gasteiger partial charge in [0.2, 0.25) is 0 Å². The number of nitrogens with one attached hydrogen (secondary N) is 2. The van der Waals surface area contributed by atoms with Crippen molar-refractivity contribution in [3.05, 3.63) is 33.2 Å². The fraction of sp³-hybridized carbons (Fsp3) is 0.429. The first-order chi connectivity index (χ1) is 14.5. The molecule has 162 valence electrons. The Hall–Kier alpha value is -2.03. The van der Waals surface area contributed by atoms with E-state index in [2.05, 4.69) is 10.6 Å². The van der Waals surface area contributed by atoms with Gasteiger partial charge in [0.25, 0.3) is 0 Å². The molecule has 0 fully saturated rings. The lowest BCUT2D eigenvalue weighted by molar-refractivity contribution is 0.0601. The van der Waals surface area contributed by atoms with Crippen LogP contribution in [0.5, 0.6) is 11.5 Å². The Labute approximate surface area is 190 Å². The lowest BCUT2D eigenvalue weighted by atomic mass is 9.96. The Morgan fingerprint density at radius 1 is 1.03 bits per heavy atom. The maximum Gasteiger partial charge on any atom is 0.341 e. The van der Waals surface area contributed by atoms with Crippen molar-refractivity contribution in [1.82, 2.24) is 0 Å². The maximum atomic E-state index is 12.6. The molecule has 0 saturated heterocycles. The summed E-state index contributed by atoms with van der Waals surface area (Å²) in [7, 11) is 4.50. The van der Waals surface area contributed by atoms with E-state index >= 15 is 0 Å². The molecule has 0 aliphatic heterocycles. The van der Waals surface area contributed by atoms with Gasteiger partial charge in [-0.1, -0.05) is 24.4 Å². The molecule has 3 rings (SSSR count). The van der Waals surface area contributed by atoms with Crippen molar-refractivity contribution in [2.24, 2.45) is 0 Å². The molecule has 0 amide bonds. The summed E-state index contributed by atoms with van der Waals surface area (Å²) >= 11 is 13.3. The number of esters is 1. The van der Waals surface area contributed by atoms with Gasteiger partial charge in [0.1, 0.15) is 16.5 Å². The summed E-state index contributed by atoms with van der Waals surface area (Å²) in [6.45, 7) is 0. The third-order valence-corrected chi connectivity index (χ3v) is 6.72. The second kappa shape index (κ2) is 10.3. The molecule has 30 heavy (non-hydrogen) atoms. The second-order valence-corrected chi connectivity index (χ2v) is 8.80. The van der Waals surface area contributed by atoms with Crippen LogP contribution in [0.2, 0.25) is 5.02 Å². The standard InChI is InChI=1S/C21H25ClN2O4S2/c1-26-15-11-16(27-2)14(10-13(15)22)23-21(29)24-19-18(20(25)28-3)12-8-6-4-5-7-9-17(12)30-19/h10-11H,4-9H2,1-3H3,(H2,23,24,29). The highest BCUT2D eigenvalue weighted by Crippen LogP contribution is 2.39. The van der Waals surface area contributed by atoms with Crippen LogP contribution in [0.15, 0.2) is 12.1 Å². The summed E-state index contributed by atoms with van der Waals surface area (Å²) in [4.78, 5) is 13.8. The molecule has 1 aliphatic rings. The van der Waals surface area contributed by atoms with Gasteiger partial charge in [0.05, 0.1) is 37.6 Å². The van der Waals surface area contributed by atoms with Gasteiger partial charge in [-0.3, -0.25) is 0 Å². The number of aryl methyl sites for hydroxylation is 1. The van der Waals surface area contributed by atoms with Gasteiger partial charge in [-0.25, -0.2) is 4.79 Å². The van der Waals surface area contributed by atoms with Crippen LogP contribution in [0.25, 0.3) is 0 Å². The van der Waals surface area contributed by atoms with Gasteiger partial charge < -0.3 is 24.8 Å². The van der Waals surface area contributed by atoms with Crippen molar-refractivity contribution in [2.75, 3.05) is 32.0 Å². The number of thiophene rings is 1. The van der Waals surface area contributed by atoms with E-state index in [0.29, 0.717) is 37.9 Å². The van der Waals surface area contributed by atoms with Crippen molar-refractivity contribution in [3.8, 4) is 11.5 Å². The topological polar surface area (TPSA) is 68.8 Å². The van der Waals surface area contributed by atoms with Crippen LogP contribution in [0.3, 0.4) is 0 Å². The third kappa shape index (κ3) is 4.99. The Balaban J connectivity index is 1.87. The van der Waals surface area contributed by atoms with Gasteiger partial charge in [-0.2, -0.15) is 0 Å². The minimum atomic E-state index is -0.344. The Morgan fingerprint density at radius 2 is 1.73 bits per heavy atom. The molecule has 2 N–H and O–H groups in total. The van der Waals surface area contributed by atoms with E-state index in [1.165, 1.54) is 31.9 Å². The van der Waals surface area contributed by atoms with Crippen LogP contribution in [0.4, 0.5) is 10.7 Å². The highest BCUT2D eigenvalue weighted by atomic mass is 35.5. The zero-order chi connectivity index (χ0) is 21.7. The normalized spacial score (nSPS) is 13.5. The average molecular weight is 469 g/mol. The molecule has 0 saturated carbocycles. The average Bonchev–Trinajstić information content (AvgIpc) is 3.03. The maximum absolute atomic E-state index is 12.6. The molecule has 0 bridgehead atoms. The molecular formula is C21H25ClN2O4S2. The number of halogens is 1. The van der Waals surface area contributed by atoms with E-state index in [1.54, 1.807) is 30.6 Å². The van der Waals surface area contributed by atoms with Crippen LogP contribution in [0.1, 0.15) is 46.5 Å². The van der Waals surface area contributed by atoms with Crippen LogP contribution in [-0.2, 0) is 17.6 Å². The molecule has 0 atom stereocenters. The van der Waals surface area contributed by atoms with Crippen LogP contribution in [-0.4, -0.2) is 32.4 Å². The lowest BCUT2D eigenvalue weighted by Crippen LogP contribution is -2.20. The highest BCUT2D eigenvalue weighted by molar-refractivity contribution is 7.80. The number of thiocarbonyl (C=S) groups is 1. The van der Waals surface area contributed by atoms with E-state index in [4.69, 9.17) is 38.0 Å². The number of anilines is 2. The smallest absolute Gasteiger partial charge is 0.341 e. The molecule has 0 spiro atoms. The van der Waals surface area contributed by atoms with Crippen molar-refractivity contribution >= 4 is 56.9 Å². The van der Waals surface area contributed by atoms with Crippen LogP contribution < -0.4 is 20.1 Å². The number of benzene rings is 1. The molecular weight excluding hydrogens is 444 g/mol. The number of hydrogen-bond donors (Lipinski definition) is 2. The molecule has 1 aromatic heterocycles. The molecule has 9 heteroatoms. The lowest BCUT2D eigenvalue weighted by Gasteiger charge is -2.15. The van der Waals surface area contributed by atoms with E-state index in [1.807, 2.05) is 0 Å². The molecule has 1 aliphatic carbocycles. The fourth-order valence-corrected chi connectivity index (χ4v) is 5.34. The predicted molar refractivity (Wildman–Crippen MR) is 126 cm³/mol. The van der Waals surface area contributed by atoms with E-state index in [9.17, 15) is 4.79 Å². The summed E-state index contributed by atoms with van der Waals surface area (Å²) in [6, 6.07) is 3.37. The summed E-state index contributed by atoms with van der Waals surface area (Å²) in [5, 5.41) is 7.74. The molecule has 0 unspecified atom stereocenters. The zero-order valence-corrected chi connectivity index (χ0v) is 19.6. The number of fused-ring (bicyclic) bond motifs is 1. The number of hydrogen-bond acceptors (Lipinski definition) is 6. The third-order valence-electron chi connectivity index (χ3n) is 5.01. The van der Waals surface area contributed by atoms with E-state index in [-0.39, 0.29) is 5.97 Å². The SMILES string of the molecule is COC(=O)c1c(NC(=S)Nc2cc(Cl)c(OC)cc2OC)sc2c1CCCCCC2. The Bertz CT molecular complexity index is 946. The van der Waals surface area contributed by atoms with Crippen molar-refractivity contribution < 1.29 is 19.0 Å². The monoisotopic (exact) mass is 468 g/mol. The molecule has 2 aromatic rings. The molecule has 1 heterocycles. The van der Waals surface area contributed by atoms with Gasteiger partial charge in [-0.05, 0) is 49.5 Å². The Morgan fingerprint density at radius 3 is 2.40 bits per heavy atom. The second-order valence-electron chi connectivity index (χ2n) is 6.88. The molecule has 0 radical (unpaired) electrons. The van der Waals surface area contributed by atoms with E-state index in [0.717, 1.165) is 31.2 Å². The van der Waals surface area contributed by atoms with Crippen LogP contribution in [0, 0.1) is 0 Å². The summed E-state index contributed by atoms with van der Waals surface area (Å²) < 4.78 is 15.7. The number of rotatable bonds is 5. The Kier molecular flexibility index (Phi) is 7.80. The minimum absolute atomic E-state index is 0.328. The fourth-order valence-electron chi connectivity index (χ4n) is 3.54. The van der Waals surface area contributed by atoms with Crippen molar-refractivity contribution in [3.63, 3.8) is 0 Å². The van der Waals surface area contributed by atoms with Gasteiger partial charge in [0, 0.05) is 10.9 Å². The molecule has 6 nitrogen and oxygen atoms in total. The van der Waals surface area contributed by atoms with E-state index < -0.39 is 0 Å². The predicted octanol–water partition coefficient (Wildman–Crippen LogP) is 5.67. The first-order valence-electron chi connectivity index (χ1n) is 9.70. The number of methoxy groups -OCH3 is 3. The van der Waals surface area contributed by atoms with Crippen LogP contribution >= 0.6 is 35.2 Å². The van der Waals surface area contributed by atoms with Gasteiger partial charge >= 0.3 is 5.97 Å².